The molecule has 0 atom stereocenters. The van der Waals surface area contributed by atoms with E-state index in [4.69, 9.17) is 0 Å². The molecule has 0 aliphatic carbocycles. The number of anilines is 2. The van der Waals surface area contributed by atoms with Crippen LogP contribution in [0.3, 0.4) is 0 Å². The number of fused-ring (bicyclic) bond motifs is 1. The number of amides is 1. The SMILES string of the molecule is CN(C)c1ccc(CC(=O)N2CCN(c3nc4c(F)cccc4s3)CC2)cc1. The summed E-state index contributed by atoms with van der Waals surface area (Å²) in [6.07, 6.45) is 0.417. The number of halogens is 1. The monoisotopic (exact) mass is 398 g/mol. The van der Waals surface area contributed by atoms with Crippen LogP contribution in [-0.4, -0.2) is 56.1 Å². The van der Waals surface area contributed by atoms with Gasteiger partial charge in [-0.25, -0.2) is 9.37 Å². The lowest BCUT2D eigenvalue weighted by molar-refractivity contribution is -0.130. The first-order valence-electron chi connectivity index (χ1n) is 9.35. The first-order chi connectivity index (χ1) is 13.5. The van der Waals surface area contributed by atoms with Crippen LogP contribution in [0.5, 0.6) is 0 Å². The summed E-state index contributed by atoms with van der Waals surface area (Å²) in [5.74, 6) is -0.137. The highest BCUT2D eigenvalue weighted by atomic mass is 32.1. The molecule has 5 nitrogen and oxygen atoms in total. The van der Waals surface area contributed by atoms with Crippen molar-refractivity contribution in [2.75, 3.05) is 50.1 Å². The minimum absolute atomic E-state index is 0.146. The molecule has 1 amide bonds. The van der Waals surface area contributed by atoms with Gasteiger partial charge in [-0.05, 0) is 29.8 Å². The Bertz CT molecular complexity index is 978. The van der Waals surface area contributed by atoms with Crippen molar-refractivity contribution < 1.29 is 9.18 Å². The summed E-state index contributed by atoms with van der Waals surface area (Å²) >= 11 is 1.50. The third-order valence-corrected chi connectivity index (χ3v) is 6.15. The highest BCUT2D eigenvalue weighted by Crippen LogP contribution is 2.30. The van der Waals surface area contributed by atoms with Crippen LogP contribution in [0.4, 0.5) is 15.2 Å². The average molecular weight is 399 g/mol. The summed E-state index contributed by atoms with van der Waals surface area (Å²) in [4.78, 5) is 23.2. The molecular weight excluding hydrogens is 375 g/mol. The highest BCUT2D eigenvalue weighted by Gasteiger charge is 2.23. The van der Waals surface area contributed by atoms with Gasteiger partial charge in [0.25, 0.3) is 0 Å². The Balaban J connectivity index is 1.36. The van der Waals surface area contributed by atoms with E-state index in [-0.39, 0.29) is 11.7 Å². The van der Waals surface area contributed by atoms with Crippen molar-refractivity contribution in [1.82, 2.24) is 9.88 Å². The van der Waals surface area contributed by atoms with Crippen LogP contribution in [0, 0.1) is 5.82 Å². The lowest BCUT2D eigenvalue weighted by atomic mass is 10.1. The lowest BCUT2D eigenvalue weighted by Gasteiger charge is -2.34. The second-order valence-corrected chi connectivity index (χ2v) is 8.20. The molecule has 2 heterocycles. The van der Waals surface area contributed by atoms with E-state index in [0.29, 0.717) is 38.1 Å². The van der Waals surface area contributed by atoms with Crippen LogP contribution < -0.4 is 9.80 Å². The van der Waals surface area contributed by atoms with Crippen LogP contribution in [0.2, 0.25) is 0 Å². The molecule has 146 valence electrons. The predicted molar refractivity (Wildman–Crippen MR) is 113 cm³/mol. The van der Waals surface area contributed by atoms with Gasteiger partial charge >= 0.3 is 0 Å². The fourth-order valence-corrected chi connectivity index (χ4v) is 4.42. The average Bonchev–Trinajstić information content (AvgIpc) is 3.14. The molecule has 1 fully saturated rings. The van der Waals surface area contributed by atoms with E-state index in [1.807, 2.05) is 54.2 Å². The maximum Gasteiger partial charge on any atom is 0.227 e. The number of piperazine rings is 1. The topological polar surface area (TPSA) is 39.7 Å². The number of hydrogen-bond acceptors (Lipinski definition) is 5. The number of carbonyl (C=O) groups is 1. The Morgan fingerprint density at radius 3 is 2.46 bits per heavy atom. The Kier molecular flexibility index (Phi) is 5.17. The van der Waals surface area contributed by atoms with Crippen molar-refractivity contribution in [3.63, 3.8) is 0 Å². The molecule has 0 spiro atoms. The first kappa shape index (κ1) is 18.7. The fourth-order valence-electron chi connectivity index (χ4n) is 3.38. The third kappa shape index (κ3) is 3.80. The zero-order valence-corrected chi connectivity index (χ0v) is 16.9. The van der Waals surface area contributed by atoms with Crippen molar-refractivity contribution in [2.24, 2.45) is 0 Å². The minimum Gasteiger partial charge on any atom is -0.378 e. The van der Waals surface area contributed by atoms with Crippen molar-refractivity contribution in [1.29, 1.82) is 0 Å². The van der Waals surface area contributed by atoms with Crippen LogP contribution >= 0.6 is 11.3 Å². The van der Waals surface area contributed by atoms with E-state index in [2.05, 4.69) is 9.88 Å². The Labute approximate surface area is 168 Å². The summed E-state index contributed by atoms with van der Waals surface area (Å²) in [7, 11) is 4.00. The maximum atomic E-state index is 13.9. The number of benzene rings is 2. The molecule has 28 heavy (non-hydrogen) atoms. The summed E-state index contributed by atoms with van der Waals surface area (Å²) in [5, 5.41) is 0.825. The van der Waals surface area contributed by atoms with Gasteiger partial charge < -0.3 is 14.7 Å². The minimum atomic E-state index is -0.283. The Morgan fingerprint density at radius 2 is 1.82 bits per heavy atom. The van der Waals surface area contributed by atoms with E-state index < -0.39 is 0 Å². The normalized spacial score (nSPS) is 14.5. The van der Waals surface area contributed by atoms with Gasteiger partial charge in [0.15, 0.2) is 5.13 Å². The van der Waals surface area contributed by atoms with Gasteiger partial charge in [-0.3, -0.25) is 4.79 Å². The van der Waals surface area contributed by atoms with Crippen LogP contribution in [0.25, 0.3) is 10.2 Å². The van der Waals surface area contributed by atoms with Crippen molar-refractivity contribution in [3.8, 4) is 0 Å². The van der Waals surface area contributed by atoms with Crippen LogP contribution in [-0.2, 0) is 11.2 Å². The smallest absolute Gasteiger partial charge is 0.227 e. The van der Waals surface area contributed by atoms with Crippen LogP contribution in [0.1, 0.15) is 5.56 Å². The lowest BCUT2D eigenvalue weighted by Crippen LogP contribution is -2.49. The summed E-state index contributed by atoms with van der Waals surface area (Å²) in [5.41, 5.74) is 2.58. The van der Waals surface area contributed by atoms with Gasteiger partial charge in [-0.2, -0.15) is 0 Å². The molecule has 1 saturated heterocycles. The molecular formula is C21H23FN4OS. The zero-order valence-electron chi connectivity index (χ0n) is 16.1. The molecule has 0 radical (unpaired) electrons. The van der Waals surface area contributed by atoms with Gasteiger partial charge in [0.2, 0.25) is 5.91 Å². The van der Waals surface area contributed by atoms with Gasteiger partial charge in [-0.1, -0.05) is 29.5 Å². The van der Waals surface area contributed by atoms with Crippen LogP contribution in [0.15, 0.2) is 42.5 Å². The van der Waals surface area contributed by atoms with Crippen molar-refractivity contribution >= 4 is 38.3 Å². The molecule has 0 bridgehead atoms. The standard InChI is InChI=1S/C21H23FN4OS/c1-24(2)16-8-6-15(7-9-16)14-19(27)25-10-12-26(13-11-25)21-23-20-17(22)4-3-5-18(20)28-21/h3-9H,10-14H2,1-2H3. The molecule has 0 saturated carbocycles. The number of para-hydroxylation sites is 1. The predicted octanol–water partition coefficient (Wildman–Crippen LogP) is 3.39. The van der Waals surface area contributed by atoms with Crippen molar-refractivity contribution in [3.05, 3.63) is 53.8 Å². The molecule has 0 unspecified atom stereocenters. The van der Waals surface area contributed by atoms with Gasteiger partial charge in [0.1, 0.15) is 11.3 Å². The number of rotatable bonds is 4. The number of thiazole rings is 1. The molecule has 4 rings (SSSR count). The molecule has 2 aromatic carbocycles. The molecule has 1 aliphatic heterocycles. The van der Waals surface area contributed by atoms with E-state index in [9.17, 15) is 9.18 Å². The van der Waals surface area contributed by atoms with E-state index in [0.717, 1.165) is 21.1 Å². The first-order valence-corrected chi connectivity index (χ1v) is 10.2. The zero-order chi connectivity index (χ0) is 19.7. The van der Waals surface area contributed by atoms with Gasteiger partial charge in [0, 0.05) is 46.0 Å². The largest absolute Gasteiger partial charge is 0.378 e. The van der Waals surface area contributed by atoms with Gasteiger partial charge in [-0.15, -0.1) is 0 Å². The molecule has 7 heteroatoms. The molecule has 1 aromatic heterocycles. The number of nitrogens with zero attached hydrogens (tertiary/aromatic N) is 4. The fraction of sp³-hybridized carbons (Fsp3) is 0.333. The Hall–Kier alpha value is -2.67. The van der Waals surface area contributed by atoms with E-state index >= 15 is 0 Å². The Morgan fingerprint density at radius 1 is 1.11 bits per heavy atom. The summed E-state index contributed by atoms with van der Waals surface area (Å²) in [6, 6.07) is 13.1. The molecule has 3 aromatic rings. The third-order valence-electron chi connectivity index (χ3n) is 5.07. The molecule has 1 aliphatic rings. The van der Waals surface area contributed by atoms with Gasteiger partial charge in [0.05, 0.1) is 11.1 Å². The van der Waals surface area contributed by atoms with E-state index in [1.54, 1.807) is 6.07 Å². The maximum absolute atomic E-state index is 13.9. The quantitative estimate of drug-likeness (QED) is 0.675. The highest BCUT2D eigenvalue weighted by molar-refractivity contribution is 7.22. The molecule has 0 N–H and O–H groups in total. The van der Waals surface area contributed by atoms with E-state index in [1.165, 1.54) is 17.4 Å². The summed E-state index contributed by atoms with van der Waals surface area (Å²) < 4.78 is 14.7. The number of hydrogen-bond donors (Lipinski definition) is 0. The van der Waals surface area contributed by atoms with Crippen molar-refractivity contribution in [2.45, 2.75) is 6.42 Å². The number of carbonyl (C=O) groups excluding carboxylic acids is 1. The second kappa shape index (κ2) is 7.75. The summed E-state index contributed by atoms with van der Waals surface area (Å²) in [6.45, 7) is 2.75. The second-order valence-electron chi connectivity index (χ2n) is 7.19. The number of aromatic nitrogens is 1.